The molecule has 0 aromatic heterocycles. The number of carbonyl (C=O) groups is 1. The minimum atomic E-state index is -2.99. The topological polar surface area (TPSA) is 47.6 Å². The lowest BCUT2D eigenvalue weighted by molar-refractivity contribution is -0.0501. The number of benzene rings is 2. The number of hydrogen-bond acceptors (Lipinski definition) is 3. The summed E-state index contributed by atoms with van der Waals surface area (Å²) in [5, 5.41) is 2.62. The molecule has 2 rings (SSSR count). The van der Waals surface area contributed by atoms with E-state index in [1.165, 1.54) is 18.2 Å². The number of alkyl halides is 2. The van der Waals surface area contributed by atoms with Crippen LogP contribution in [0.4, 0.5) is 14.5 Å². The van der Waals surface area contributed by atoms with Crippen molar-refractivity contribution in [2.45, 2.75) is 13.5 Å². The highest BCUT2D eigenvalue weighted by atomic mass is 19.3. The van der Waals surface area contributed by atoms with Crippen LogP contribution in [-0.4, -0.2) is 19.1 Å². The van der Waals surface area contributed by atoms with Gasteiger partial charge in [-0.3, -0.25) is 4.79 Å². The van der Waals surface area contributed by atoms with Crippen LogP contribution in [0.3, 0.4) is 0 Å². The molecule has 0 spiro atoms. The van der Waals surface area contributed by atoms with E-state index in [0.29, 0.717) is 18.0 Å². The first-order valence-electron chi connectivity index (χ1n) is 6.68. The molecule has 0 aliphatic rings. The van der Waals surface area contributed by atoms with Crippen LogP contribution >= 0.6 is 0 Å². The van der Waals surface area contributed by atoms with E-state index in [-0.39, 0.29) is 11.3 Å². The fraction of sp³-hybridized carbons (Fsp3) is 0.188. The molecule has 6 heteroatoms. The van der Waals surface area contributed by atoms with Gasteiger partial charge in [0.1, 0.15) is 11.5 Å². The maximum atomic E-state index is 12.3. The van der Waals surface area contributed by atoms with Crippen molar-refractivity contribution in [3.05, 3.63) is 54.1 Å². The van der Waals surface area contributed by atoms with Gasteiger partial charge in [0, 0.05) is 5.69 Å². The molecule has 0 unspecified atom stereocenters. The molecule has 1 amide bonds. The third-order valence-electron chi connectivity index (χ3n) is 2.77. The zero-order chi connectivity index (χ0) is 15.9. The molecule has 0 fully saturated rings. The number of carbonyl (C=O) groups excluding carboxylic acids is 1. The van der Waals surface area contributed by atoms with Crippen LogP contribution in [0.5, 0.6) is 11.5 Å². The molecule has 2 aromatic rings. The lowest BCUT2D eigenvalue weighted by Gasteiger charge is -2.11. The fourth-order valence-corrected chi connectivity index (χ4v) is 1.85. The SMILES string of the molecule is CCOc1ccc(NC(=O)c2ccccc2OC(F)F)cc1. The summed E-state index contributed by atoms with van der Waals surface area (Å²) in [5.41, 5.74) is 0.567. The first-order valence-corrected chi connectivity index (χ1v) is 6.68. The minimum Gasteiger partial charge on any atom is -0.494 e. The molecular formula is C16H15F2NO3. The Morgan fingerprint density at radius 1 is 1.14 bits per heavy atom. The Morgan fingerprint density at radius 3 is 2.45 bits per heavy atom. The van der Waals surface area contributed by atoms with Crippen LogP contribution in [0.1, 0.15) is 17.3 Å². The normalized spacial score (nSPS) is 10.4. The summed E-state index contributed by atoms with van der Waals surface area (Å²) in [6.07, 6.45) is 0. The smallest absolute Gasteiger partial charge is 0.387 e. The molecule has 2 aromatic carbocycles. The number of amides is 1. The Balaban J connectivity index is 2.12. The third-order valence-corrected chi connectivity index (χ3v) is 2.77. The van der Waals surface area contributed by atoms with E-state index in [9.17, 15) is 13.6 Å². The van der Waals surface area contributed by atoms with E-state index < -0.39 is 12.5 Å². The zero-order valence-electron chi connectivity index (χ0n) is 11.9. The predicted molar refractivity (Wildman–Crippen MR) is 78.6 cm³/mol. The van der Waals surface area contributed by atoms with Gasteiger partial charge in [-0.25, -0.2) is 0 Å². The molecule has 116 valence electrons. The van der Waals surface area contributed by atoms with Gasteiger partial charge in [0.25, 0.3) is 5.91 Å². The standard InChI is InChI=1S/C16H15F2NO3/c1-2-21-12-9-7-11(8-10-12)19-15(20)13-5-3-4-6-14(13)22-16(17)18/h3-10,16H,2H2,1H3,(H,19,20). The van der Waals surface area contributed by atoms with Gasteiger partial charge in [-0.05, 0) is 43.3 Å². The molecule has 0 saturated heterocycles. The van der Waals surface area contributed by atoms with E-state index in [4.69, 9.17) is 4.74 Å². The van der Waals surface area contributed by atoms with Crippen molar-refractivity contribution in [2.24, 2.45) is 0 Å². The predicted octanol–water partition coefficient (Wildman–Crippen LogP) is 3.94. The van der Waals surface area contributed by atoms with Crippen molar-refractivity contribution < 1.29 is 23.0 Å². The number of halogens is 2. The molecule has 0 aliphatic heterocycles. The molecule has 0 radical (unpaired) electrons. The monoisotopic (exact) mass is 307 g/mol. The summed E-state index contributed by atoms with van der Waals surface area (Å²) < 4.78 is 34.3. The van der Waals surface area contributed by atoms with Gasteiger partial charge in [-0.15, -0.1) is 0 Å². The Hall–Kier alpha value is -2.63. The number of hydrogen-bond donors (Lipinski definition) is 1. The van der Waals surface area contributed by atoms with Crippen LogP contribution < -0.4 is 14.8 Å². The van der Waals surface area contributed by atoms with Gasteiger partial charge < -0.3 is 14.8 Å². The zero-order valence-corrected chi connectivity index (χ0v) is 11.9. The lowest BCUT2D eigenvalue weighted by Crippen LogP contribution is -2.14. The van der Waals surface area contributed by atoms with Crippen molar-refractivity contribution in [1.82, 2.24) is 0 Å². The highest BCUT2D eigenvalue weighted by Crippen LogP contribution is 2.22. The lowest BCUT2D eigenvalue weighted by atomic mass is 10.2. The number of nitrogens with one attached hydrogen (secondary N) is 1. The Morgan fingerprint density at radius 2 is 1.82 bits per heavy atom. The highest BCUT2D eigenvalue weighted by Gasteiger charge is 2.15. The fourth-order valence-electron chi connectivity index (χ4n) is 1.85. The van der Waals surface area contributed by atoms with Crippen LogP contribution in [0, 0.1) is 0 Å². The molecule has 22 heavy (non-hydrogen) atoms. The molecule has 0 heterocycles. The summed E-state index contributed by atoms with van der Waals surface area (Å²) in [6.45, 7) is -0.570. The minimum absolute atomic E-state index is 0.0386. The second kappa shape index (κ2) is 7.40. The maximum absolute atomic E-state index is 12.3. The number of anilines is 1. The number of para-hydroxylation sites is 1. The second-order valence-electron chi connectivity index (χ2n) is 4.29. The molecule has 0 atom stereocenters. The summed E-state index contributed by atoms with van der Waals surface area (Å²) in [7, 11) is 0. The first kappa shape index (κ1) is 15.8. The van der Waals surface area contributed by atoms with Gasteiger partial charge in [-0.1, -0.05) is 12.1 Å². The molecule has 1 N–H and O–H groups in total. The average Bonchev–Trinajstić information content (AvgIpc) is 2.49. The Bertz CT molecular complexity index is 630. The van der Waals surface area contributed by atoms with E-state index in [1.54, 1.807) is 30.3 Å². The van der Waals surface area contributed by atoms with Crippen molar-refractivity contribution in [3.8, 4) is 11.5 Å². The third kappa shape index (κ3) is 4.18. The average molecular weight is 307 g/mol. The molecule has 0 saturated carbocycles. The van der Waals surface area contributed by atoms with Crippen molar-refractivity contribution in [1.29, 1.82) is 0 Å². The maximum Gasteiger partial charge on any atom is 0.387 e. The Kier molecular flexibility index (Phi) is 5.30. The molecular weight excluding hydrogens is 292 g/mol. The van der Waals surface area contributed by atoms with Crippen LogP contribution in [0.2, 0.25) is 0 Å². The Labute approximate surface area is 126 Å². The summed E-state index contributed by atoms with van der Waals surface area (Å²) in [6, 6.07) is 12.6. The van der Waals surface area contributed by atoms with Crippen LogP contribution in [0.15, 0.2) is 48.5 Å². The van der Waals surface area contributed by atoms with Gasteiger partial charge >= 0.3 is 6.61 Å². The van der Waals surface area contributed by atoms with Gasteiger partial charge in [0.15, 0.2) is 0 Å². The second-order valence-corrected chi connectivity index (χ2v) is 4.29. The van der Waals surface area contributed by atoms with Crippen molar-refractivity contribution >= 4 is 11.6 Å². The first-order chi connectivity index (χ1) is 10.6. The summed E-state index contributed by atoms with van der Waals surface area (Å²) in [4.78, 5) is 12.2. The van der Waals surface area contributed by atoms with Gasteiger partial charge in [0.2, 0.25) is 0 Å². The number of ether oxygens (including phenoxy) is 2. The summed E-state index contributed by atoms with van der Waals surface area (Å²) in [5.74, 6) is -0.0109. The molecule has 0 aliphatic carbocycles. The quantitative estimate of drug-likeness (QED) is 0.879. The van der Waals surface area contributed by atoms with Gasteiger partial charge in [-0.2, -0.15) is 8.78 Å². The van der Waals surface area contributed by atoms with E-state index in [2.05, 4.69) is 10.1 Å². The van der Waals surface area contributed by atoms with Crippen LogP contribution in [0.25, 0.3) is 0 Å². The number of rotatable bonds is 6. The highest BCUT2D eigenvalue weighted by molar-refractivity contribution is 6.06. The largest absolute Gasteiger partial charge is 0.494 e. The summed E-state index contributed by atoms with van der Waals surface area (Å²) >= 11 is 0. The van der Waals surface area contributed by atoms with E-state index >= 15 is 0 Å². The van der Waals surface area contributed by atoms with Crippen molar-refractivity contribution in [3.63, 3.8) is 0 Å². The van der Waals surface area contributed by atoms with Crippen LogP contribution in [-0.2, 0) is 0 Å². The van der Waals surface area contributed by atoms with Gasteiger partial charge in [0.05, 0.1) is 12.2 Å². The molecule has 4 nitrogen and oxygen atoms in total. The molecule has 0 bridgehead atoms. The van der Waals surface area contributed by atoms with Crippen molar-refractivity contribution in [2.75, 3.05) is 11.9 Å². The van der Waals surface area contributed by atoms with E-state index in [0.717, 1.165) is 0 Å². The van der Waals surface area contributed by atoms with E-state index in [1.807, 2.05) is 6.92 Å².